The molecule has 0 unspecified atom stereocenters. The Morgan fingerprint density at radius 3 is 2.58 bits per heavy atom. The summed E-state index contributed by atoms with van der Waals surface area (Å²) in [7, 11) is 0. The summed E-state index contributed by atoms with van der Waals surface area (Å²) in [4.78, 5) is 34.7. The van der Waals surface area contributed by atoms with Crippen LogP contribution in [0.3, 0.4) is 0 Å². The second kappa shape index (κ2) is 3.91. The molecule has 0 aromatic heterocycles. The first-order valence-corrected chi connectivity index (χ1v) is 6.24. The van der Waals surface area contributed by atoms with Gasteiger partial charge in [-0.1, -0.05) is 0 Å². The standard InChI is InChI=1S/C14H13NO4/c16-11-4-2-8-7-9(1-3-10(8)15-11)12(17)14(5-6-14)13(18)19/h1,3,7H,2,4-6H2,(H,15,16)(H,18,19). The fourth-order valence-electron chi connectivity index (χ4n) is 2.46. The number of hydrogen-bond acceptors (Lipinski definition) is 3. The minimum atomic E-state index is -1.20. The third-order valence-electron chi connectivity index (χ3n) is 3.86. The van der Waals surface area contributed by atoms with Crippen molar-refractivity contribution >= 4 is 23.3 Å². The Bertz CT molecular complexity index is 601. The number of carbonyl (C=O) groups is 3. The molecule has 1 aliphatic heterocycles. The molecule has 5 nitrogen and oxygen atoms in total. The Hall–Kier alpha value is -2.17. The van der Waals surface area contributed by atoms with Crippen LogP contribution in [0, 0.1) is 5.41 Å². The summed E-state index contributed by atoms with van der Waals surface area (Å²) in [5.74, 6) is -1.39. The molecule has 0 saturated heterocycles. The number of nitrogens with one attached hydrogen (secondary N) is 1. The molecule has 1 amide bonds. The van der Waals surface area contributed by atoms with E-state index in [1.54, 1.807) is 18.2 Å². The highest BCUT2D eigenvalue weighted by molar-refractivity contribution is 6.14. The van der Waals surface area contributed by atoms with Crippen LogP contribution in [-0.4, -0.2) is 22.8 Å². The van der Waals surface area contributed by atoms with Gasteiger partial charge in [-0.05, 0) is 43.0 Å². The molecule has 0 radical (unpaired) electrons. The lowest BCUT2D eigenvalue weighted by Crippen LogP contribution is -2.26. The molecule has 19 heavy (non-hydrogen) atoms. The number of amides is 1. The van der Waals surface area contributed by atoms with Gasteiger partial charge in [-0.3, -0.25) is 14.4 Å². The van der Waals surface area contributed by atoms with Crippen molar-refractivity contribution in [1.82, 2.24) is 0 Å². The summed E-state index contributed by atoms with van der Waals surface area (Å²) in [5.41, 5.74) is 0.834. The maximum Gasteiger partial charge on any atom is 0.317 e. The molecule has 1 fully saturated rings. The second-order valence-corrected chi connectivity index (χ2v) is 5.14. The Morgan fingerprint density at radius 1 is 1.21 bits per heavy atom. The third kappa shape index (κ3) is 1.82. The van der Waals surface area contributed by atoms with Crippen molar-refractivity contribution in [3.8, 4) is 0 Å². The minimum absolute atomic E-state index is 0.0317. The lowest BCUT2D eigenvalue weighted by Gasteiger charge is -2.18. The third-order valence-corrected chi connectivity index (χ3v) is 3.86. The van der Waals surface area contributed by atoms with E-state index < -0.39 is 11.4 Å². The Kier molecular flexibility index (Phi) is 2.45. The first kappa shape index (κ1) is 11.9. The van der Waals surface area contributed by atoms with Crippen LogP contribution in [0.5, 0.6) is 0 Å². The van der Waals surface area contributed by atoms with Gasteiger partial charge in [0.15, 0.2) is 5.78 Å². The molecule has 1 heterocycles. The molecule has 2 aliphatic rings. The molecule has 0 atom stereocenters. The van der Waals surface area contributed by atoms with Crippen LogP contribution < -0.4 is 5.32 Å². The highest BCUT2D eigenvalue weighted by Crippen LogP contribution is 2.48. The Labute approximate surface area is 109 Å². The van der Waals surface area contributed by atoms with Crippen molar-refractivity contribution in [2.24, 2.45) is 5.41 Å². The van der Waals surface area contributed by atoms with E-state index >= 15 is 0 Å². The first-order chi connectivity index (χ1) is 9.03. The van der Waals surface area contributed by atoms with Crippen molar-refractivity contribution in [2.45, 2.75) is 25.7 Å². The van der Waals surface area contributed by atoms with Gasteiger partial charge in [0.25, 0.3) is 0 Å². The van der Waals surface area contributed by atoms with Crippen molar-refractivity contribution < 1.29 is 19.5 Å². The predicted molar refractivity (Wildman–Crippen MR) is 67.0 cm³/mol. The number of ketones is 1. The molecule has 1 aliphatic carbocycles. The average Bonchev–Trinajstić information content (AvgIpc) is 3.18. The van der Waals surface area contributed by atoms with E-state index in [2.05, 4.69) is 5.32 Å². The summed E-state index contributed by atoms with van der Waals surface area (Å²) in [6.07, 6.45) is 1.81. The van der Waals surface area contributed by atoms with Gasteiger partial charge in [-0.25, -0.2) is 0 Å². The number of carboxylic acids is 1. The van der Waals surface area contributed by atoms with Crippen molar-refractivity contribution in [3.63, 3.8) is 0 Å². The van der Waals surface area contributed by atoms with E-state index in [1.165, 1.54) is 0 Å². The zero-order chi connectivity index (χ0) is 13.6. The van der Waals surface area contributed by atoms with Crippen LogP contribution in [0.15, 0.2) is 18.2 Å². The van der Waals surface area contributed by atoms with E-state index in [1.807, 2.05) is 0 Å². The van der Waals surface area contributed by atoms with Crippen LogP contribution >= 0.6 is 0 Å². The maximum atomic E-state index is 12.3. The van der Waals surface area contributed by atoms with Gasteiger partial charge in [0.2, 0.25) is 5.91 Å². The summed E-state index contributed by atoms with van der Waals surface area (Å²) >= 11 is 0. The molecular formula is C14H13NO4. The summed E-state index contributed by atoms with van der Waals surface area (Å²) < 4.78 is 0. The van der Waals surface area contributed by atoms with Crippen LogP contribution in [-0.2, 0) is 16.0 Å². The number of aryl methyl sites for hydroxylation is 1. The van der Waals surface area contributed by atoms with E-state index in [4.69, 9.17) is 5.11 Å². The van der Waals surface area contributed by atoms with Crippen molar-refractivity contribution in [1.29, 1.82) is 0 Å². The van der Waals surface area contributed by atoms with Crippen LogP contribution in [0.25, 0.3) is 0 Å². The monoisotopic (exact) mass is 259 g/mol. The maximum absolute atomic E-state index is 12.3. The van der Waals surface area contributed by atoms with E-state index in [9.17, 15) is 14.4 Å². The number of Topliss-reactive ketones (excluding diaryl/α,β-unsaturated/α-hetero) is 1. The number of carboxylic acid groups (broad SMARTS) is 1. The summed E-state index contributed by atoms with van der Waals surface area (Å²) in [6.45, 7) is 0. The zero-order valence-corrected chi connectivity index (χ0v) is 10.2. The van der Waals surface area contributed by atoms with E-state index in [-0.39, 0.29) is 11.7 Å². The van der Waals surface area contributed by atoms with Gasteiger partial charge in [0.1, 0.15) is 5.41 Å². The molecule has 3 rings (SSSR count). The summed E-state index contributed by atoms with van der Waals surface area (Å²) in [5, 5.41) is 11.9. The first-order valence-electron chi connectivity index (χ1n) is 6.24. The second-order valence-electron chi connectivity index (χ2n) is 5.14. The topological polar surface area (TPSA) is 83.5 Å². The molecule has 2 N–H and O–H groups in total. The predicted octanol–water partition coefficient (Wildman–Crippen LogP) is 1.62. The number of fused-ring (bicyclic) bond motifs is 1. The van der Waals surface area contributed by atoms with E-state index in [0.717, 1.165) is 5.56 Å². The van der Waals surface area contributed by atoms with Gasteiger partial charge < -0.3 is 10.4 Å². The largest absolute Gasteiger partial charge is 0.480 e. The lowest BCUT2D eigenvalue weighted by molar-refractivity contribution is -0.141. The fraction of sp³-hybridized carbons (Fsp3) is 0.357. The van der Waals surface area contributed by atoms with Crippen LogP contribution in [0.2, 0.25) is 0 Å². The average molecular weight is 259 g/mol. The SMILES string of the molecule is O=C1CCc2cc(C(=O)C3(C(=O)O)CC3)ccc2N1. The molecule has 1 aromatic carbocycles. The molecule has 1 saturated carbocycles. The molecular weight excluding hydrogens is 246 g/mol. The molecule has 1 aromatic rings. The highest BCUT2D eigenvalue weighted by Gasteiger charge is 2.56. The lowest BCUT2D eigenvalue weighted by atomic mass is 9.91. The van der Waals surface area contributed by atoms with E-state index in [0.29, 0.717) is 36.9 Å². The summed E-state index contributed by atoms with van der Waals surface area (Å²) in [6, 6.07) is 4.98. The van der Waals surface area contributed by atoms with Crippen LogP contribution in [0.4, 0.5) is 5.69 Å². The zero-order valence-electron chi connectivity index (χ0n) is 10.2. The van der Waals surface area contributed by atoms with Crippen molar-refractivity contribution in [3.05, 3.63) is 29.3 Å². The van der Waals surface area contributed by atoms with Gasteiger partial charge in [-0.2, -0.15) is 0 Å². The number of hydrogen-bond donors (Lipinski definition) is 2. The molecule has 98 valence electrons. The highest BCUT2D eigenvalue weighted by atomic mass is 16.4. The normalized spacial score (nSPS) is 19.3. The minimum Gasteiger partial charge on any atom is -0.480 e. The van der Waals surface area contributed by atoms with Crippen molar-refractivity contribution in [2.75, 3.05) is 5.32 Å². The van der Waals surface area contributed by atoms with Gasteiger partial charge in [0, 0.05) is 17.7 Å². The fourth-order valence-corrected chi connectivity index (χ4v) is 2.46. The smallest absolute Gasteiger partial charge is 0.317 e. The Balaban J connectivity index is 1.93. The molecule has 0 spiro atoms. The van der Waals surface area contributed by atoms with Crippen LogP contribution in [0.1, 0.15) is 35.2 Å². The number of anilines is 1. The number of rotatable bonds is 3. The molecule has 5 heteroatoms. The number of benzene rings is 1. The van der Waals surface area contributed by atoms with Gasteiger partial charge in [-0.15, -0.1) is 0 Å². The quantitative estimate of drug-likeness (QED) is 0.638. The number of aliphatic carboxylic acids is 1. The molecule has 0 bridgehead atoms. The Morgan fingerprint density at radius 2 is 1.95 bits per heavy atom. The van der Waals surface area contributed by atoms with Gasteiger partial charge >= 0.3 is 5.97 Å². The number of carbonyl (C=O) groups excluding carboxylic acids is 2. The van der Waals surface area contributed by atoms with Gasteiger partial charge in [0.05, 0.1) is 0 Å².